The van der Waals surface area contributed by atoms with Crippen molar-refractivity contribution in [1.29, 1.82) is 0 Å². The monoisotopic (exact) mass is 424 g/mol. The molecule has 1 N–H and O–H groups in total. The van der Waals surface area contributed by atoms with Crippen LogP contribution in [0.3, 0.4) is 0 Å². The number of rotatable bonds is 8. The molecule has 0 fully saturated rings. The molecule has 6 nitrogen and oxygen atoms in total. The molecular formula is C23H24N2O4S. The van der Waals surface area contributed by atoms with Gasteiger partial charge in [-0.25, -0.2) is 8.42 Å². The summed E-state index contributed by atoms with van der Waals surface area (Å²) in [7, 11) is -1.85. The summed E-state index contributed by atoms with van der Waals surface area (Å²) in [6.07, 6.45) is 1.18. The predicted molar refractivity (Wildman–Crippen MR) is 118 cm³/mol. The van der Waals surface area contributed by atoms with Crippen molar-refractivity contribution in [2.75, 3.05) is 17.7 Å². The van der Waals surface area contributed by atoms with Crippen LogP contribution in [-0.2, 0) is 23.1 Å². The van der Waals surface area contributed by atoms with E-state index in [0.29, 0.717) is 17.8 Å². The second kappa shape index (κ2) is 9.45. The average molecular weight is 425 g/mol. The molecule has 0 aromatic heterocycles. The van der Waals surface area contributed by atoms with E-state index in [0.717, 1.165) is 16.9 Å². The highest BCUT2D eigenvalue weighted by atomic mass is 32.2. The number of anilines is 1. The Labute approximate surface area is 177 Å². The second-order valence-electron chi connectivity index (χ2n) is 6.80. The van der Waals surface area contributed by atoms with Crippen LogP contribution in [0.1, 0.15) is 21.5 Å². The average Bonchev–Trinajstić information content (AvgIpc) is 2.76. The topological polar surface area (TPSA) is 75.7 Å². The minimum Gasteiger partial charge on any atom is -0.496 e. The first-order chi connectivity index (χ1) is 14.4. The van der Waals surface area contributed by atoms with Crippen LogP contribution in [0, 0.1) is 0 Å². The summed E-state index contributed by atoms with van der Waals surface area (Å²) in [6.45, 7) is 0.534. The third kappa shape index (κ3) is 5.39. The summed E-state index contributed by atoms with van der Waals surface area (Å²) in [5, 5.41) is 2.88. The fourth-order valence-electron chi connectivity index (χ4n) is 3.05. The van der Waals surface area contributed by atoms with E-state index in [-0.39, 0.29) is 12.5 Å². The number of carbonyl (C=O) groups excluding carboxylic acids is 1. The molecule has 30 heavy (non-hydrogen) atoms. The number of methoxy groups -OCH3 is 1. The Kier molecular flexibility index (Phi) is 6.74. The van der Waals surface area contributed by atoms with Crippen LogP contribution in [0.5, 0.6) is 5.75 Å². The number of benzene rings is 3. The second-order valence-corrected chi connectivity index (χ2v) is 8.70. The molecule has 0 radical (unpaired) electrons. The van der Waals surface area contributed by atoms with Crippen molar-refractivity contribution >= 4 is 21.6 Å². The first kappa shape index (κ1) is 21.4. The molecule has 0 saturated carbocycles. The molecule has 3 rings (SSSR count). The maximum atomic E-state index is 12.5. The molecule has 0 atom stereocenters. The van der Waals surface area contributed by atoms with Gasteiger partial charge in [0, 0.05) is 17.7 Å². The third-order valence-corrected chi connectivity index (χ3v) is 5.76. The van der Waals surface area contributed by atoms with Crippen molar-refractivity contribution in [3.8, 4) is 5.75 Å². The lowest BCUT2D eigenvalue weighted by Crippen LogP contribution is -2.29. The van der Waals surface area contributed by atoms with Gasteiger partial charge < -0.3 is 10.1 Å². The van der Waals surface area contributed by atoms with Gasteiger partial charge in [-0.1, -0.05) is 48.5 Å². The van der Waals surface area contributed by atoms with Gasteiger partial charge in [-0.05, 0) is 35.9 Å². The van der Waals surface area contributed by atoms with Gasteiger partial charge in [-0.2, -0.15) is 0 Å². The lowest BCUT2D eigenvalue weighted by molar-refractivity contribution is 0.0950. The normalized spacial score (nSPS) is 11.0. The number of ether oxygens (including phenoxy) is 1. The van der Waals surface area contributed by atoms with E-state index in [4.69, 9.17) is 4.74 Å². The first-order valence-electron chi connectivity index (χ1n) is 9.40. The van der Waals surface area contributed by atoms with Gasteiger partial charge in [0.25, 0.3) is 5.91 Å². The number of nitrogens with zero attached hydrogens (tertiary/aromatic N) is 1. The van der Waals surface area contributed by atoms with Crippen LogP contribution < -0.4 is 14.4 Å². The van der Waals surface area contributed by atoms with Gasteiger partial charge in [0.2, 0.25) is 10.0 Å². The highest BCUT2D eigenvalue weighted by molar-refractivity contribution is 7.92. The molecule has 0 spiro atoms. The molecule has 156 valence electrons. The molecule has 3 aromatic carbocycles. The van der Waals surface area contributed by atoms with Crippen molar-refractivity contribution in [2.24, 2.45) is 0 Å². The molecule has 1 amide bonds. The van der Waals surface area contributed by atoms with Gasteiger partial charge in [-0.3, -0.25) is 9.10 Å². The van der Waals surface area contributed by atoms with Crippen LogP contribution in [0.15, 0.2) is 78.9 Å². The molecular weight excluding hydrogens is 400 g/mol. The molecule has 0 aliphatic carbocycles. The summed E-state index contributed by atoms with van der Waals surface area (Å²) in [5.74, 6) is 0.505. The standard InChI is InChI=1S/C23H24N2O4S/c1-29-22-11-7-6-8-20(22)16-24-23(26)19-14-12-18(13-15-19)17-25(30(2,27)28)21-9-4-3-5-10-21/h3-15H,16-17H2,1-2H3,(H,24,26). The van der Waals surface area contributed by atoms with Crippen LogP contribution in [0.4, 0.5) is 5.69 Å². The summed E-state index contributed by atoms with van der Waals surface area (Å²) in [4.78, 5) is 12.5. The molecule has 3 aromatic rings. The van der Waals surface area contributed by atoms with Crippen molar-refractivity contribution < 1.29 is 17.9 Å². The molecule has 0 aliphatic heterocycles. The van der Waals surface area contributed by atoms with E-state index in [1.54, 1.807) is 55.6 Å². The number of hydrogen-bond donors (Lipinski definition) is 1. The number of sulfonamides is 1. The number of nitrogens with one attached hydrogen (secondary N) is 1. The fraction of sp³-hybridized carbons (Fsp3) is 0.174. The third-order valence-electron chi connectivity index (χ3n) is 4.62. The smallest absolute Gasteiger partial charge is 0.251 e. The Morgan fingerprint density at radius 2 is 1.57 bits per heavy atom. The molecule has 0 heterocycles. The number of amides is 1. The predicted octanol–water partition coefficient (Wildman–Crippen LogP) is 3.59. The number of para-hydroxylation sites is 2. The zero-order chi connectivity index (χ0) is 21.6. The van der Waals surface area contributed by atoms with Crippen molar-refractivity contribution in [3.05, 3.63) is 95.6 Å². The Hall–Kier alpha value is -3.32. The first-order valence-corrected chi connectivity index (χ1v) is 11.2. The van der Waals surface area contributed by atoms with Crippen molar-refractivity contribution in [3.63, 3.8) is 0 Å². The zero-order valence-corrected chi connectivity index (χ0v) is 17.7. The van der Waals surface area contributed by atoms with E-state index in [9.17, 15) is 13.2 Å². The molecule has 0 bridgehead atoms. The Bertz CT molecular complexity index is 1100. The quantitative estimate of drug-likeness (QED) is 0.600. The highest BCUT2D eigenvalue weighted by Crippen LogP contribution is 2.20. The molecule has 0 aliphatic rings. The van der Waals surface area contributed by atoms with E-state index in [1.165, 1.54) is 10.6 Å². The van der Waals surface area contributed by atoms with E-state index >= 15 is 0 Å². The van der Waals surface area contributed by atoms with Gasteiger partial charge in [-0.15, -0.1) is 0 Å². The van der Waals surface area contributed by atoms with E-state index in [2.05, 4.69) is 5.32 Å². The van der Waals surface area contributed by atoms with Crippen LogP contribution >= 0.6 is 0 Å². The van der Waals surface area contributed by atoms with E-state index < -0.39 is 10.0 Å². The Morgan fingerprint density at radius 1 is 0.933 bits per heavy atom. The van der Waals surface area contributed by atoms with Crippen LogP contribution in [0.2, 0.25) is 0 Å². The summed E-state index contributed by atoms with van der Waals surface area (Å²) in [6, 6.07) is 23.3. The van der Waals surface area contributed by atoms with Crippen molar-refractivity contribution in [2.45, 2.75) is 13.1 Å². The summed E-state index contributed by atoms with van der Waals surface area (Å²) < 4.78 is 31.1. The maximum absolute atomic E-state index is 12.5. The maximum Gasteiger partial charge on any atom is 0.251 e. The highest BCUT2D eigenvalue weighted by Gasteiger charge is 2.18. The largest absolute Gasteiger partial charge is 0.496 e. The Balaban J connectivity index is 1.68. The number of carbonyl (C=O) groups is 1. The fourth-order valence-corrected chi connectivity index (χ4v) is 3.94. The van der Waals surface area contributed by atoms with Crippen LogP contribution in [-0.4, -0.2) is 27.7 Å². The zero-order valence-electron chi connectivity index (χ0n) is 16.9. The minimum absolute atomic E-state index is 0.186. The minimum atomic E-state index is -3.45. The van der Waals surface area contributed by atoms with Gasteiger partial charge in [0.15, 0.2) is 0 Å². The van der Waals surface area contributed by atoms with Gasteiger partial charge in [0.1, 0.15) is 5.75 Å². The summed E-state index contributed by atoms with van der Waals surface area (Å²) in [5.41, 5.74) is 2.76. The SMILES string of the molecule is COc1ccccc1CNC(=O)c1ccc(CN(c2ccccc2)S(C)(=O)=O)cc1. The molecule has 7 heteroatoms. The van der Waals surface area contributed by atoms with Gasteiger partial charge in [0.05, 0.1) is 25.6 Å². The van der Waals surface area contributed by atoms with Crippen molar-refractivity contribution in [1.82, 2.24) is 5.32 Å². The lowest BCUT2D eigenvalue weighted by atomic mass is 10.1. The summed E-state index contributed by atoms with van der Waals surface area (Å²) >= 11 is 0. The Morgan fingerprint density at radius 3 is 2.20 bits per heavy atom. The lowest BCUT2D eigenvalue weighted by Gasteiger charge is -2.22. The van der Waals surface area contributed by atoms with E-state index in [1.807, 2.05) is 30.3 Å². The van der Waals surface area contributed by atoms with Gasteiger partial charge >= 0.3 is 0 Å². The molecule has 0 saturated heterocycles. The number of hydrogen-bond acceptors (Lipinski definition) is 4. The van der Waals surface area contributed by atoms with Crippen LogP contribution in [0.25, 0.3) is 0 Å². The molecule has 0 unspecified atom stereocenters.